The van der Waals surface area contributed by atoms with E-state index in [9.17, 15) is 0 Å². The Labute approximate surface area is 102 Å². The van der Waals surface area contributed by atoms with Crippen LogP contribution in [0.2, 0.25) is 5.02 Å². The summed E-state index contributed by atoms with van der Waals surface area (Å²) in [6, 6.07) is 6.28. The van der Waals surface area contributed by atoms with Crippen molar-refractivity contribution in [1.29, 1.82) is 0 Å². The quantitative estimate of drug-likeness (QED) is 0.871. The lowest BCUT2D eigenvalue weighted by atomic mass is 10.0. The van der Waals surface area contributed by atoms with Gasteiger partial charge < -0.3 is 10.1 Å². The predicted molar refractivity (Wildman–Crippen MR) is 67.2 cm³/mol. The summed E-state index contributed by atoms with van der Waals surface area (Å²) in [4.78, 5) is 0. The summed E-state index contributed by atoms with van der Waals surface area (Å²) in [7, 11) is 0. The fourth-order valence-corrected chi connectivity index (χ4v) is 2.26. The molecular weight excluding hydrogens is 222 g/mol. The molecule has 88 valence electrons. The highest BCUT2D eigenvalue weighted by Crippen LogP contribution is 2.33. The van der Waals surface area contributed by atoms with Crippen molar-refractivity contribution in [2.45, 2.75) is 32.2 Å². The van der Waals surface area contributed by atoms with Gasteiger partial charge in [-0.1, -0.05) is 18.5 Å². The average Bonchev–Trinajstić information content (AvgIpc) is 2.48. The Bertz CT molecular complexity index is 354. The number of nitrogens with one attached hydrogen (secondary N) is 1. The zero-order valence-electron chi connectivity index (χ0n) is 9.63. The molecule has 0 saturated heterocycles. The minimum absolute atomic E-state index is 0.385. The van der Waals surface area contributed by atoms with Crippen LogP contribution in [0.5, 0.6) is 5.75 Å². The smallest absolute Gasteiger partial charge is 0.124 e. The van der Waals surface area contributed by atoms with Crippen molar-refractivity contribution in [3.05, 3.63) is 28.8 Å². The molecule has 3 heteroatoms. The third kappa shape index (κ3) is 2.69. The van der Waals surface area contributed by atoms with Gasteiger partial charge in [-0.3, -0.25) is 0 Å². The maximum atomic E-state index is 6.05. The van der Waals surface area contributed by atoms with Crippen LogP contribution in [0.15, 0.2) is 18.2 Å². The largest absolute Gasteiger partial charge is 0.493 e. The van der Waals surface area contributed by atoms with Gasteiger partial charge in [-0.05, 0) is 44.0 Å². The van der Waals surface area contributed by atoms with Gasteiger partial charge in [0.05, 0.1) is 6.61 Å². The van der Waals surface area contributed by atoms with Gasteiger partial charge in [0.25, 0.3) is 0 Å². The van der Waals surface area contributed by atoms with E-state index in [1.54, 1.807) is 0 Å². The Morgan fingerprint density at radius 3 is 3.19 bits per heavy atom. The first kappa shape index (κ1) is 11.7. The molecule has 1 heterocycles. The monoisotopic (exact) mass is 239 g/mol. The Balaban J connectivity index is 2.24. The topological polar surface area (TPSA) is 21.3 Å². The molecular formula is C13H18ClNO. The normalized spacial score (nSPS) is 19.8. The van der Waals surface area contributed by atoms with Gasteiger partial charge in [0.1, 0.15) is 5.75 Å². The van der Waals surface area contributed by atoms with E-state index in [2.05, 4.69) is 12.2 Å². The number of ether oxygens (including phenoxy) is 1. The second-order valence-electron chi connectivity index (χ2n) is 4.18. The Hall–Kier alpha value is -0.730. The molecule has 0 radical (unpaired) electrons. The third-order valence-corrected chi connectivity index (χ3v) is 3.12. The van der Waals surface area contributed by atoms with Crippen molar-refractivity contribution in [3.63, 3.8) is 0 Å². The molecule has 0 fully saturated rings. The van der Waals surface area contributed by atoms with E-state index in [4.69, 9.17) is 16.3 Å². The summed E-state index contributed by atoms with van der Waals surface area (Å²) in [5.41, 5.74) is 1.21. The first-order chi connectivity index (χ1) is 7.81. The molecule has 16 heavy (non-hydrogen) atoms. The van der Waals surface area contributed by atoms with Crippen molar-refractivity contribution >= 4 is 11.6 Å². The fraction of sp³-hybridized carbons (Fsp3) is 0.538. The lowest BCUT2D eigenvalue weighted by molar-refractivity contribution is 0.315. The van der Waals surface area contributed by atoms with Gasteiger partial charge in [-0.15, -0.1) is 0 Å². The average molecular weight is 240 g/mol. The Morgan fingerprint density at radius 2 is 2.38 bits per heavy atom. The van der Waals surface area contributed by atoms with Crippen LogP contribution in [-0.2, 0) is 0 Å². The molecule has 1 aliphatic heterocycles. The summed E-state index contributed by atoms with van der Waals surface area (Å²) < 4.78 is 5.72. The molecule has 0 aromatic heterocycles. The van der Waals surface area contributed by atoms with Crippen LogP contribution in [0, 0.1) is 0 Å². The molecule has 1 N–H and O–H groups in total. The molecule has 0 aliphatic carbocycles. The second kappa shape index (κ2) is 5.55. The van der Waals surface area contributed by atoms with Crippen molar-refractivity contribution in [2.75, 3.05) is 13.2 Å². The Morgan fingerprint density at radius 1 is 1.50 bits per heavy atom. The molecule has 1 aromatic rings. The highest BCUT2D eigenvalue weighted by Gasteiger charge is 2.19. The second-order valence-corrected chi connectivity index (χ2v) is 4.62. The highest BCUT2D eigenvalue weighted by molar-refractivity contribution is 6.30. The number of hydrogen-bond donors (Lipinski definition) is 1. The van der Waals surface area contributed by atoms with Crippen molar-refractivity contribution in [2.24, 2.45) is 0 Å². The summed E-state index contributed by atoms with van der Waals surface area (Å²) in [6.07, 6.45) is 3.36. The minimum atomic E-state index is 0.385. The minimum Gasteiger partial charge on any atom is -0.493 e. The summed E-state index contributed by atoms with van der Waals surface area (Å²) in [5, 5.41) is 4.34. The van der Waals surface area contributed by atoms with Crippen LogP contribution in [-0.4, -0.2) is 13.2 Å². The summed E-state index contributed by atoms with van der Waals surface area (Å²) in [5.74, 6) is 0.982. The zero-order chi connectivity index (χ0) is 11.4. The van der Waals surface area contributed by atoms with Gasteiger partial charge in [0.2, 0.25) is 0 Å². The first-order valence-electron chi connectivity index (χ1n) is 5.97. The number of rotatable bonds is 3. The van der Waals surface area contributed by atoms with Gasteiger partial charge in [-0.2, -0.15) is 0 Å². The lowest BCUT2D eigenvalue weighted by Gasteiger charge is -2.18. The van der Waals surface area contributed by atoms with Crippen LogP contribution in [0.1, 0.15) is 37.8 Å². The highest BCUT2D eigenvalue weighted by atomic mass is 35.5. The van der Waals surface area contributed by atoms with E-state index in [1.807, 2.05) is 18.2 Å². The van der Waals surface area contributed by atoms with Crippen molar-refractivity contribution in [3.8, 4) is 5.75 Å². The van der Waals surface area contributed by atoms with Crippen LogP contribution in [0.25, 0.3) is 0 Å². The van der Waals surface area contributed by atoms with Crippen molar-refractivity contribution < 1.29 is 4.74 Å². The van der Waals surface area contributed by atoms with Gasteiger partial charge in [-0.25, -0.2) is 0 Å². The van der Waals surface area contributed by atoms with Gasteiger partial charge in [0.15, 0.2) is 0 Å². The predicted octanol–water partition coefficient (Wildman–Crippen LogP) is 3.55. The van der Waals surface area contributed by atoms with Crippen LogP contribution in [0.3, 0.4) is 0 Å². The number of hydrogen-bond acceptors (Lipinski definition) is 2. The zero-order valence-corrected chi connectivity index (χ0v) is 10.4. The first-order valence-corrected chi connectivity index (χ1v) is 6.34. The molecule has 1 unspecified atom stereocenters. The molecule has 1 atom stereocenters. The molecule has 1 aliphatic rings. The van der Waals surface area contributed by atoms with Gasteiger partial charge in [0, 0.05) is 16.6 Å². The summed E-state index contributed by atoms with van der Waals surface area (Å²) in [6.45, 7) is 4.02. The SMILES string of the molecule is CCCNC1CCCOc2ccc(Cl)cc21. The van der Waals surface area contributed by atoms with Crippen molar-refractivity contribution in [1.82, 2.24) is 5.32 Å². The number of halogens is 1. The van der Waals surface area contributed by atoms with Gasteiger partial charge >= 0.3 is 0 Å². The standard InChI is InChI=1S/C13H18ClNO/c1-2-7-15-12-4-3-8-16-13-6-5-10(14)9-11(12)13/h5-6,9,12,15H,2-4,7-8H2,1H3. The van der Waals surface area contributed by atoms with E-state index >= 15 is 0 Å². The summed E-state index contributed by atoms with van der Waals surface area (Å²) >= 11 is 6.05. The van der Waals surface area contributed by atoms with Crippen LogP contribution in [0.4, 0.5) is 0 Å². The van der Waals surface area contributed by atoms with E-state index in [0.29, 0.717) is 6.04 Å². The molecule has 2 nitrogen and oxygen atoms in total. The third-order valence-electron chi connectivity index (χ3n) is 2.88. The number of benzene rings is 1. The van der Waals surface area contributed by atoms with Crippen LogP contribution >= 0.6 is 11.6 Å². The molecule has 0 amide bonds. The molecule has 0 spiro atoms. The van der Waals surface area contributed by atoms with E-state index in [0.717, 1.165) is 43.2 Å². The molecule has 0 bridgehead atoms. The molecule has 1 aromatic carbocycles. The van der Waals surface area contributed by atoms with E-state index in [-0.39, 0.29) is 0 Å². The van der Waals surface area contributed by atoms with Crippen LogP contribution < -0.4 is 10.1 Å². The Kier molecular flexibility index (Phi) is 4.08. The fourth-order valence-electron chi connectivity index (χ4n) is 2.08. The lowest BCUT2D eigenvalue weighted by Crippen LogP contribution is -2.21. The molecule has 2 rings (SSSR count). The maximum Gasteiger partial charge on any atom is 0.124 e. The number of fused-ring (bicyclic) bond motifs is 1. The maximum absolute atomic E-state index is 6.05. The molecule has 0 saturated carbocycles. The van der Waals surface area contributed by atoms with E-state index < -0.39 is 0 Å². The van der Waals surface area contributed by atoms with E-state index in [1.165, 1.54) is 5.56 Å².